The van der Waals surface area contributed by atoms with Gasteiger partial charge in [0.1, 0.15) is 12.4 Å². The van der Waals surface area contributed by atoms with Gasteiger partial charge in [-0.15, -0.1) is 0 Å². The van der Waals surface area contributed by atoms with Crippen LogP contribution in [0, 0.1) is 0 Å². The number of hydrogen-bond acceptors (Lipinski definition) is 2. The van der Waals surface area contributed by atoms with Crippen LogP contribution < -0.4 is 10.1 Å². The minimum Gasteiger partial charge on any atom is -0.492 e. The van der Waals surface area contributed by atoms with Crippen LogP contribution in [0.15, 0.2) is 60.8 Å². The molecule has 0 radical (unpaired) electrons. The Morgan fingerprint density at radius 3 is 2.71 bits per heavy atom. The van der Waals surface area contributed by atoms with Crippen LogP contribution in [-0.2, 0) is 13.1 Å². The zero-order chi connectivity index (χ0) is 14.5. The van der Waals surface area contributed by atoms with E-state index < -0.39 is 0 Å². The van der Waals surface area contributed by atoms with Gasteiger partial charge in [0.2, 0.25) is 0 Å². The summed E-state index contributed by atoms with van der Waals surface area (Å²) in [5.74, 6) is 0.922. The van der Waals surface area contributed by atoms with Crippen molar-refractivity contribution in [2.45, 2.75) is 13.1 Å². The Bertz CT molecular complexity index is 704. The van der Waals surface area contributed by atoms with Crippen LogP contribution in [-0.4, -0.2) is 18.2 Å². The van der Waals surface area contributed by atoms with Crippen molar-refractivity contribution in [3.63, 3.8) is 0 Å². The second-order valence-corrected chi connectivity index (χ2v) is 5.09. The second-order valence-electron chi connectivity index (χ2n) is 5.09. The molecule has 0 aliphatic carbocycles. The van der Waals surface area contributed by atoms with Crippen molar-refractivity contribution in [1.82, 2.24) is 9.88 Å². The molecule has 21 heavy (non-hydrogen) atoms. The first kappa shape index (κ1) is 13.7. The fraction of sp³-hybridized carbons (Fsp3) is 0.222. The van der Waals surface area contributed by atoms with Crippen molar-refractivity contribution in [2.24, 2.45) is 0 Å². The Labute approximate surface area is 125 Å². The number of fused-ring (bicyclic) bond motifs is 1. The number of benzene rings is 2. The summed E-state index contributed by atoms with van der Waals surface area (Å²) in [5.41, 5.74) is 2.56. The molecule has 0 spiro atoms. The summed E-state index contributed by atoms with van der Waals surface area (Å²) in [5, 5.41) is 4.46. The normalized spacial score (nSPS) is 10.9. The standard InChI is InChI=1S/C18H20N2O/c1-19-14-15-7-8-18-16(13-15)9-10-20(18)11-12-21-17-5-3-2-4-6-17/h2-10,13,19H,11-12,14H2,1H3. The van der Waals surface area contributed by atoms with Crippen molar-refractivity contribution >= 4 is 10.9 Å². The number of rotatable bonds is 6. The number of hydrogen-bond donors (Lipinski definition) is 1. The summed E-state index contributed by atoms with van der Waals surface area (Å²) in [6.07, 6.45) is 2.13. The Kier molecular flexibility index (Phi) is 4.22. The van der Waals surface area contributed by atoms with E-state index in [0.29, 0.717) is 6.61 Å². The van der Waals surface area contributed by atoms with E-state index in [1.807, 2.05) is 37.4 Å². The lowest BCUT2D eigenvalue weighted by atomic mass is 10.1. The average molecular weight is 280 g/mol. The molecule has 0 unspecified atom stereocenters. The van der Waals surface area contributed by atoms with Gasteiger partial charge in [-0.2, -0.15) is 0 Å². The maximum absolute atomic E-state index is 5.76. The molecule has 3 rings (SSSR count). The van der Waals surface area contributed by atoms with Gasteiger partial charge in [-0.25, -0.2) is 0 Å². The summed E-state index contributed by atoms with van der Waals surface area (Å²) in [6, 6.07) is 18.7. The van der Waals surface area contributed by atoms with Gasteiger partial charge >= 0.3 is 0 Å². The fourth-order valence-corrected chi connectivity index (χ4v) is 2.54. The van der Waals surface area contributed by atoms with Crippen LogP contribution in [0.5, 0.6) is 5.75 Å². The molecule has 0 aliphatic heterocycles. The molecule has 3 heteroatoms. The lowest BCUT2D eigenvalue weighted by molar-refractivity contribution is 0.300. The minimum atomic E-state index is 0.673. The molecule has 3 aromatic rings. The van der Waals surface area contributed by atoms with Gasteiger partial charge in [0.05, 0.1) is 6.54 Å². The smallest absolute Gasteiger partial charge is 0.119 e. The average Bonchev–Trinajstić information content (AvgIpc) is 2.91. The molecule has 2 aromatic carbocycles. The van der Waals surface area contributed by atoms with E-state index in [2.05, 4.69) is 40.3 Å². The van der Waals surface area contributed by atoms with Crippen molar-refractivity contribution in [2.75, 3.05) is 13.7 Å². The summed E-state index contributed by atoms with van der Waals surface area (Å²) >= 11 is 0. The number of para-hydroxylation sites is 1. The first-order valence-corrected chi connectivity index (χ1v) is 7.27. The van der Waals surface area contributed by atoms with E-state index in [0.717, 1.165) is 18.8 Å². The van der Waals surface area contributed by atoms with Crippen LogP contribution in [0.4, 0.5) is 0 Å². The van der Waals surface area contributed by atoms with Crippen molar-refractivity contribution in [3.8, 4) is 5.75 Å². The van der Waals surface area contributed by atoms with E-state index in [1.165, 1.54) is 16.5 Å². The molecule has 0 saturated carbocycles. The summed E-state index contributed by atoms with van der Waals surface area (Å²) in [7, 11) is 1.97. The highest BCUT2D eigenvalue weighted by atomic mass is 16.5. The minimum absolute atomic E-state index is 0.673. The van der Waals surface area contributed by atoms with E-state index in [9.17, 15) is 0 Å². The lowest BCUT2D eigenvalue weighted by Gasteiger charge is -2.08. The van der Waals surface area contributed by atoms with Crippen LogP contribution in [0.2, 0.25) is 0 Å². The number of ether oxygens (including phenoxy) is 1. The third kappa shape index (κ3) is 3.26. The molecule has 1 N–H and O–H groups in total. The van der Waals surface area contributed by atoms with E-state index in [-0.39, 0.29) is 0 Å². The van der Waals surface area contributed by atoms with Crippen molar-refractivity contribution in [1.29, 1.82) is 0 Å². The SMILES string of the molecule is CNCc1ccc2c(ccn2CCOc2ccccc2)c1. The Morgan fingerprint density at radius 1 is 1.05 bits per heavy atom. The zero-order valence-electron chi connectivity index (χ0n) is 12.3. The molecule has 108 valence electrons. The Hall–Kier alpha value is -2.26. The summed E-state index contributed by atoms with van der Waals surface area (Å²) in [4.78, 5) is 0. The molecular formula is C18H20N2O. The molecule has 0 fully saturated rings. The predicted molar refractivity (Wildman–Crippen MR) is 86.6 cm³/mol. The first-order valence-electron chi connectivity index (χ1n) is 7.27. The number of nitrogens with one attached hydrogen (secondary N) is 1. The van der Waals surface area contributed by atoms with E-state index >= 15 is 0 Å². The lowest BCUT2D eigenvalue weighted by Crippen LogP contribution is -2.07. The van der Waals surface area contributed by atoms with Crippen molar-refractivity contribution < 1.29 is 4.74 Å². The quantitative estimate of drug-likeness (QED) is 0.748. The first-order chi connectivity index (χ1) is 10.4. The predicted octanol–water partition coefficient (Wildman–Crippen LogP) is 3.44. The number of aromatic nitrogens is 1. The van der Waals surface area contributed by atoms with Gasteiger partial charge in [-0.3, -0.25) is 0 Å². The second kappa shape index (κ2) is 6.46. The molecule has 0 aliphatic rings. The molecule has 1 aromatic heterocycles. The third-order valence-corrected chi connectivity index (χ3v) is 3.56. The molecule has 0 atom stereocenters. The topological polar surface area (TPSA) is 26.2 Å². The van der Waals surface area contributed by atoms with Crippen LogP contribution >= 0.6 is 0 Å². The molecule has 0 bridgehead atoms. The molecule has 3 nitrogen and oxygen atoms in total. The van der Waals surface area contributed by atoms with Crippen LogP contribution in [0.25, 0.3) is 10.9 Å². The van der Waals surface area contributed by atoms with Crippen LogP contribution in [0.1, 0.15) is 5.56 Å². The Morgan fingerprint density at radius 2 is 1.90 bits per heavy atom. The molecule has 0 amide bonds. The van der Waals surface area contributed by atoms with E-state index in [1.54, 1.807) is 0 Å². The highest BCUT2D eigenvalue weighted by molar-refractivity contribution is 5.80. The van der Waals surface area contributed by atoms with E-state index in [4.69, 9.17) is 4.74 Å². The zero-order valence-corrected chi connectivity index (χ0v) is 12.3. The summed E-state index contributed by atoms with van der Waals surface area (Å²) < 4.78 is 8.00. The van der Waals surface area contributed by atoms with Gasteiger partial charge < -0.3 is 14.6 Å². The molecule has 0 saturated heterocycles. The van der Waals surface area contributed by atoms with Gasteiger partial charge in [-0.05, 0) is 48.3 Å². The van der Waals surface area contributed by atoms with Gasteiger partial charge in [0, 0.05) is 18.3 Å². The number of nitrogens with zero attached hydrogens (tertiary/aromatic N) is 1. The van der Waals surface area contributed by atoms with Gasteiger partial charge in [-0.1, -0.05) is 24.3 Å². The monoisotopic (exact) mass is 280 g/mol. The van der Waals surface area contributed by atoms with Gasteiger partial charge in [0.15, 0.2) is 0 Å². The summed E-state index contributed by atoms with van der Waals surface area (Å²) in [6.45, 7) is 2.42. The highest BCUT2D eigenvalue weighted by Gasteiger charge is 2.02. The third-order valence-electron chi connectivity index (χ3n) is 3.56. The highest BCUT2D eigenvalue weighted by Crippen LogP contribution is 2.18. The van der Waals surface area contributed by atoms with Crippen LogP contribution in [0.3, 0.4) is 0 Å². The molecule has 1 heterocycles. The largest absolute Gasteiger partial charge is 0.492 e. The van der Waals surface area contributed by atoms with Gasteiger partial charge in [0.25, 0.3) is 0 Å². The molecular weight excluding hydrogens is 260 g/mol. The maximum Gasteiger partial charge on any atom is 0.119 e. The maximum atomic E-state index is 5.76. The Balaban J connectivity index is 1.67. The fourth-order valence-electron chi connectivity index (χ4n) is 2.54. The van der Waals surface area contributed by atoms with Crippen molar-refractivity contribution in [3.05, 3.63) is 66.4 Å².